The third kappa shape index (κ3) is 3.60. The Hall–Kier alpha value is -0.950. The van der Waals surface area contributed by atoms with Gasteiger partial charge in [0, 0.05) is 11.1 Å². The van der Waals surface area contributed by atoms with Crippen LogP contribution in [-0.4, -0.2) is 10.4 Å². The van der Waals surface area contributed by atoms with Crippen LogP contribution in [0.2, 0.25) is 5.02 Å². The fourth-order valence-corrected chi connectivity index (χ4v) is 1.76. The molecule has 0 fully saturated rings. The van der Waals surface area contributed by atoms with Crippen molar-refractivity contribution < 1.29 is 18.1 Å². The van der Waals surface area contributed by atoms with Gasteiger partial charge in [-0.05, 0) is 23.9 Å². The molecule has 0 amide bonds. The molecule has 0 aromatic heterocycles. The third-order valence-electron chi connectivity index (χ3n) is 1.34. The van der Waals surface area contributed by atoms with E-state index in [2.05, 4.69) is 0 Å². The highest BCUT2D eigenvalue weighted by Crippen LogP contribution is 2.42. The van der Waals surface area contributed by atoms with Gasteiger partial charge >= 0.3 is 5.51 Å². The number of hydrogen-bond donors (Lipinski definition) is 0. The molecule has 0 bridgehead atoms. The summed E-state index contributed by atoms with van der Waals surface area (Å²) >= 11 is 4.89. The standard InChI is InChI=1S/C7H3ClF3NO2S/c8-4-1-2-5(12(13)14)6(3-4)15-7(9,10)11/h1-3H. The van der Waals surface area contributed by atoms with Crippen LogP contribution in [0.5, 0.6) is 0 Å². The van der Waals surface area contributed by atoms with Gasteiger partial charge in [-0.15, -0.1) is 0 Å². The molecule has 1 aromatic rings. The lowest BCUT2D eigenvalue weighted by atomic mass is 10.3. The highest BCUT2D eigenvalue weighted by atomic mass is 35.5. The number of nitro benzene ring substituents is 1. The summed E-state index contributed by atoms with van der Waals surface area (Å²) in [6.07, 6.45) is 0. The van der Waals surface area contributed by atoms with Crippen LogP contribution in [0.15, 0.2) is 23.1 Å². The van der Waals surface area contributed by atoms with Gasteiger partial charge in [-0.3, -0.25) is 10.1 Å². The molecule has 0 aliphatic rings. The van der Waals surface area contributed by atoms with E-state index >= 15 is 0 Å². The first kappa shape index (κ1) is 12.1. The molecular formula is C7H3ClF3NO2S. The monoisotopic (exact) mass is 257 g/mol. The zero-order valence-corrected chi connectivity index (χ0v) is 8.49. The van der Waals surface area contributed by atoms with E-state index in [1.165, 1.54) is 6.07 Å². The second-order valence-corrected chi connectivity index (χ2v) is 3.96. The summed E-state index contributed by atoms with van der Waals surface area (Å²) in [6.45, 7) is 0. The predicted molar refractivity (Wildman–Crippen MR) is 50.0 cm³/mol. The van der Waals surface area contributed by atoms with Gasteiger partial charge in [0.15, 0.2) is 0 Å². The SMILES string of the molecule is O=[N+]([O-])c1ccc(Cl)cc1SC(F)(F)F. The van der Waals surface area contributed by atoms with E-state index in [9.17, 15) is 23.3 Å². The van der Waals surface area contributed by atoms with Crippen LogP contribution in [-0.2, 0) is 0 Å². The maximum atomic E-state index is 12.0. The van der Waals surface area contributed by atoms with Crippen molar-refractivity contribution in [2.24, 2.45) is 0 Å². The molecule has 15 heavy (non-hydrogen) atoms. The molecule has 0 atom stereocenters. The van der Waals surface area contributed by atoms with Crippen LogP contribution in [0, 0.1) is 10.1 Å². The minimum absolute atomic E-state index is 0.0207. The van der Waals surface area contributed by atoms with Gasteiger partial charge in [-0.2, -0.15) is 13.2 Å². The van der Waals surface area contributed by atoms with Gasteiger partial charge in [0.1, 0.15) is 0 Å². The number of rotatable bonds is 2. The zero-order chi connectivity index (χ0) is 11.6. The lowest BCUT2D eigenvalue weighted by Gasteiger charge is -2.05. The third-order valence-corrected chi connectivity index (χ3v) is 2.36. The number of nitrogens with zero attached hydrogens (tertiary/aromatic N) is 1. The molecular weight excluding hydrogens is 255 g/mol. The Labute approximate surface area is 91.4 Å². The average Bonchev–Trinajstić information content (AvgIpc) is 1.99. The van der Waals surface area contributed by atoms with Crippen LogP contribution in [0.1, 0.15) is 0 Å². The van der Waals surface area contributed by atoms with Crippen molar-refractivity contribution in [2.75, 3.05) is 0 Å². The number of thioether (sulfide) groups is 1. The van der Waals surface area contributed by atoms with E-state index in [4.69, 9.17) is 11.6 Å². The molecule has 0 saturated carbocycles. The minimum Gasteiger partial charge on any atom is -0.258 e. The first-order valence-corrected chi connectivity index (χ1v) is 4.69. The Kier molecular flexibility index (Phi) is 3.46. The summed E-state index contributed by atoms with van der Waals surface area (Å²) in [7, 11) is 0. The Morgan fingerprint density at radius 3 is 2.47 bits per heavy atom. The summed E-state index contributed by atoms with van der Waals surface area (Å²) in [6, 6.07) is 3.02. The molecule has 0 aliphatic heterocycles. The predicted octanol–water partition coefficient (Wildman–Crippen LogP) is 3.86. The lowest BCUT2D eigenvalue weighted by molar-refractivity contribution is -0.387. The second-order valence-electron chi connectivity index (χ2n) is 2.42. The van der Waals surface area contributed by atoms with Crippen molar-refractivity contribution in [2.45, 2.75) is 10.4 Å². The van der Waals surface area contributed by atoms with Gasteiger partial charge in [-0.1, -0.05) is 11.6 Å². The number of nitro groups is 1. The van der Waals surface area contributed by atoms with Crippen molar-refractivity contribution in [1.82, 2.24) is 0 Å². The zero-order valence-electron chi connectivity index (χ0n) is 6.92. The molecule has 1 aromatic carbocycles. The van der Waals surface area contributed by atoms with E-state index < -0.39 is 32.8 Å². The molecule has 1 rings (SSSR count). The van der Waals surface area contributed by atoms with Crippen molar-refractivity contribution in [1.29, 1.82) is 0 Å². The van der Waals surface area contributed by atoms with E-state index in [1.807, 2.05) is 0 Å². The summed E-state index contributed by atoms with van der Waals surface area (Å²) < 4.78 is 36.0. The minimum atomic E-state index is -4.57. The van der Waals surface area contributed by atoms with Crippen molar-refractivity contribution in [3.63, 3.8) is 0 Å². The van der Waals surface area contributed by atoms with Gasteiger partial charge in [0.2, 0.25) is 0 Å². The number of hydrogen-bond acceptors (Lipinski definition) is 3. The lowest BCUT2D eigenvalue weighted by Crippen LogP contribution is -2.01. The highest BCUT2D eigenvalue weighted by Gasteiger charge is 2.33. The smallest absolute Gasteiger partial charge is 0.258 e. The van der Waals surface area contributed by atoms with Crippen LogP contribution in [0.3, 0.4) is 0 Å². The molecule has 0 spiro atoms. The molecule has 82 valence electrons. The van der Waals surface area contributed by atoms with Crippen molar-refractivity contribution >= 4 is 29.1 Å². The molecule has 3 nitrogen and oxygen atoms in total. The summed E-state index contributed by atoms with van der Waals surface area (Å²) in [5, 5.41) is 10.4. The van der Waals surface area contributed by atoms with Gasteiger partial charge < -0.3 is 0 Å². The Bertz CT molecular complexity index is 396. The van der Waals surface area contributed by atoms with E-state index in [-0.39, 0.29) is 5.02 Å². The normalized spacial score (nSPS) is 11.5. The summed E-state index contributed by atoms with van der Waals surface area (Å²) in [5.41, 5.74) is -5.18. The fourth-order valence-electron chi connectivity index (χ4n) is 0.845. The number of halogens is 4. The second kappa shape index (κ2) is 4.28. The van der Waals surface area contributed by atoms with Crippen molar-refractivity contribution in [3.05, 3.63) is 33.3 Å². The first-order valence-electron chi connectivity index (χ1n) is 3.49. The first-order chi connectivity index (χ1) is 6.79. The molecule has 0 radical (unpaired) electrons. The van der Waals surface area contributed by atoms with E-state index in [0.29, 0.717) is 0 Å². The van der Waals surface area contributed by atoms with E-state index in [1.54, 1.807) is 0 Å². The maximum absolute atomic E-state index is 12.0. The molecule has 0 saturated heterocycles. The molecule has 8 heteroatoms. The Balaban J connectivity index is 3.13. The van der Waals surface area contributed by atoms with Gasteiger partial charge in [0.25, 0.3) is 5.69 Å². The summed E-state index contributed by atoms with van der Waals surface area (Å²) in [5.74, 6) is 0. The molecule has 0 N–H and O–H groups in total. The molecule has 0 aliphatic carbocycles. The average molecular weight is 258 g/mol. The Morgan fingerprint density at radius 2 is 2.00 bits per heavy atom. The summed E-state index contributed by atoms with van der Waals surface area (Å²) in [4.78, 5) is 9.00. The quantitative estimate of drug-likeness (QED) is 0.459. The highest BCUT2D eigenvalue weighted by molar-refractivity contribution is 8.00. The van der Waals surface area contributed by atoms with Crippen LogP contribution in [0.4, 0.5) is 18.9 Å². The topological polar surface area (TPSA) is 43.1 Å². The Morgan fingerprint density at radius 1 is 1.40 bits per heavy atom. The fraction of sp³-hybridized carbons (Fsp3) is 0.143. The van der Waals surface area contributed by atoms with Crippen LogP contribution < -0.4 is 0 Å². The van der Waals surface area contributed by atoms with Crippen molar-refractivity contribution in [3.8, 4) is 0 Å². The van der Waals surface area contributed by atoms with Gasteiger partial charge in [-0.25, -0.2) is 0 Å². The van der Waals surface area contributed by atoms with Crippen LogP contribution >= 0.6 is 23.4 Å². The van der Waals surface area contributed by atoms with Crippen LogP contribution in [0.25, 0.3) is 0 Å². The largest absolute Gasteiger partial charge is 0.446 e. The molecule has 0 unspecified atom stereocenters. The van der Waals surface area contributed by atoms with Gasteiger partial charge in [0.05, 0.1) is 9.82 Å². The maximum Gasteiger partial charge on any atom is 0.446 e. The van der Waals surface area contributed by atoms with E-state index in [0.717, 1.165) is 12.1 Å². The number of benzene rings is 1. The molecule has 0 heterocycles. The number of alkyl halides is 3.